The highest BCUT2D eigenvalue weighted by Crippen LogP contribution is 2.49. The number of aliphatic carboxylic acids is 1. The van der Waals surface area contributed by atoms with Crippen LogP contribution in [0.3, 0.4) is 0 Å². The molecule has 15 heavy (non-hydrogen) atoms. The van der Waals surface area contributed by atoms with Crippen LogP contribution >= 0.6 is 27.5 Å². The minimum absolute atomic E-state index is 0.175. The molecular weight excluding hydrogens is 286 g/mol. The van der Waals surface area contributed by atoms with Crippen LogP contribution < -0.4 is 0 Å². The van der Waals surface area contributed by atoms with Crippen molar-refractivity contribution < 1.29 is 14.3 Å². The van der Waals surface area contributed by atoms with E-state index in [9.17, 15) is 9.18 Å². The Hall–Kier alpha value is -0.610. The first-order valence-corrected chi connectivity index (χ1v) is 5.53. The topological polar surface area (TPSA) is 37.3 Å². The van der Waals surface area contributed by atoms with Gasteiger partial charge in [0.05, 0.1) is 14.9 Å². The Kier molecular flexibility index (Phi) is 2.51. The zero-order chi connectivity index (χ0) is 11.2. The quantitative estimate of drug-likeness (QED) is 0.849. The molecule has 0 amide bonds. The van der Waals surface area contributed by atoms with Crippen molar-refractivity contribution in [2.45, 2.75) is 18.3 Å². The number of hydrogen-bond donors (Lipinski definition) is 1. The third kappa shape index (κ3) is 1.66. The monoisotopic (exact) mass is 292 g/mol. The molecule has 0 radical (unpaired) electrons. The van der Waals surface area contributed by atoms with Crippen LogP contribution in [-0.4, -0.2) is 11.1 Å². The second-order valence-electron chi connectivity index (χ2n) is 3.64. The number of carboxylic acid groups (broad SMARTS) is 1. The summed E-state index contributed by atoms with van der Waals surface area (Å²) in [6.45, 7) is 0. The minimum atomic E-state index is -0.916. The highest BCUT2D eigenvalue weighted by atomic mass is 79.9. The molecule has 1 aromatic rings. The van der Waals surface area contributed by atoms with E-state index in [1.807, 2.05) is 0 Å². The molecule has 0 saturated heterocycles. The van der Waals surface area contributed by atoms with Crippen molar-refractivity contribution in [2.24, 2.45) is 0 Å². The lowest BCUT2D eigenvalue weighted by Gasteiger charge is -2.11. The molecule has 0 aliphatic heterocycles. The Morgan fingerprint density at radius 2 is 2.13 bits per heavy atom. The first kappa shape index (κ1) is 10.9. The maximum absolute atomic E-state index is 13.3. The second-order valence-corrected chi connectivity index (χ2v) is 4.84. The number of benzene rings is 1. The van der Waals surface area contributed by atoms with Gasteiger partial charge >= 0.3 is 5.97 Å². The Morgan fingerprint density at radius 1 is 1.53 bits per heavy atom. The number of carbonyl (C=O) groups is 1. The fraction of sp³-hybridized carbons (Fsp3) is 0.300. The maximum atomic E-state index is 13.3. The standard InChI is InChI=1S/C10H7BrClFO2/c11-8-6(12)3-5(4-7(8)13)10(1-2-10)9(14)15/h3-4H,1-2H2,(H,14,15). The van der Waals surface area contributed by atoms with Gasteiger partial charge < -0.3 is 5.11 Å². The lowest BCUT2D eigenvalue weighted by atomic mass is 9.96. The Labute approximate surface area is 99.2 Å². The van der Waals surface area contributed by atoms with Crippen molar-refractivity contribution >= 4 is 33.5 Å². The first-order chi connectivity index (χ1) is 6.97. The van der Waals surface area contributed by atoms with Gasteiger partial charge in [-0.2, -0.15) is 0 Å². The molecule has 1 aromatic carbocycles. The van der Waals surface area contributed by atoms with Gasteiger partial charge in [0.25, 0.3) is 0 Å². The minimum Gasteiger partial charge on any atom is -0.481 e. The van der Waals surface area contributed by atoms with Gasteiger partial charge in [-0.05, 0) is 46.5 Å². The SMILES string of the molecule is O=C(O)C1(c2cc(F)c(Br)c(Cl)c2)CC1. The summed E-state index contributed by atoms with van der Waals surface area (Å²) < 4.78 is 13.5. The van der Waals surface area contributed by atoms with Crippen LogP contribution in [-0.2, 0) is 10.2 Å². The Bertz CT molecular complexity index is 420. The molecule has 80 valence electrons. The van der Waals surface area contributed by atoms with Gasteiger partial charge in [-0.3, -0.25) is 4.79 Å². The van der Waals surface area contributed by atoms with Gasteiger partial charge in [0.2, 0.25) is 0 Å². The fourth-order valence-corrected chi connectivity index (χ4v) is 2.02. The first-order valence-electron chi connectivity index (χ1n) is 4.36. The van der Waals surface area contributed by atoms with Crippen LogP contribution in [0.5, 0.6) is 0 Å². The van der Waals surface area contributed by atoms with Crippen molar-refractivity contribution in [3.05, 3.63) is 33.0 Å². The molecular formula is C10H7BrClFO2. The summed E-state index contributed by atoms with van der Waals surface area (Å²) in [5.41, 5.74) is -0.466. The van der Waals surface area contributed by atoms with E-state index in [0.29, 0.717) is 18.4 Å². The van der Waals surface area contributed by atoms with Crippen LogP contribution in [0.15, 0.2) is 16.6 Å². The van der Waals surface area contributed by atoms with Crippen LogP contribution in [0.1, 0.15) is 18.4 Å². The maximum Gasteiger partial charge on any atom is 0.314 e. The predicted octanol–water partition coefficient (Wildman–Crippen LogP) is 3.36. The van der Waals surface area contributed by atoms with E-state index in [0.717, 1.165) is 0 Å². The van der Waals surface area contributed by atoms with E-state index in [2.05, 4.69) is 15.9 Å². The number of hydrogen-bond acceptors (Lipinski definition) is 1. The summed E-state index contributed by atoms with van der Waals surface area (Å²) in [5, 5.41) is 9.24. The van der Waals surface area contributed by atoms with Gasteiger partial charge in [-0.25, -0.2) is 4.39 Å². The molecule has 5 heteroatoms. The fourth-order valence-electron chi connectivity index (χ4n) is 1.58. The molecule has 1 aliphatic carbocycles. The molecule has 1 fully saturated rings. The molecule has 0 bridgehead atoms. The van der Waals surface area contributed by atoms with Gasteiger partial charge in [-0.15, -0.1) is 0 Å². The second kappa shape index (κ2) is 3.46. The van der Waals surface area contributed by atoms with Crippen molar-refractivity contribution in [3.8, 4) is 0 Å². The number of rotatable bonds is 2. The van der Waals surface area contributed by atoms with Crippen molar-refractivity contribution in [1.82, 2.24) is 0 Å². The normalized spacial score (nSPS) is 17.5. The zero-order valence-electron chi connectivity index (χ0n) is 7.56. The average molecular weight is 294 g/mol. The third-order valence-electron chi connectivity index (χ3n) is 2.70. The molecule has 2 nitrogen and oxygen atoms in total. The molecule has 0 heterocycles. The summed E-state index contributed by atoms with van der Waals surface area (Å²) >= 11 is 8.76. The summed E-state index contributed by atoms with van der Waals surface area (Å²) in [5.74, 6) is -1.44. The average Bonchev–Trinajstić information content (AvgIpc) is 2.93. The van der Waals surface area contributed by atoms with Gasteiger partial charge in [0, 0.05) is 0 Å². The van der Waals surface area contributed by atoms with E-state index >= 15 is 0 Å². The van der Waals surface area contributed by atoms with Crippen LogP contribution in [0.25, 0.3) is 0 Å². The van der Waals surface area contributed by atoms with Gasteiger partial charge in [0.15, 0.2) is 0 Å². The summed E-state index contributed by atoms with van der Waals surface area (Å²) in [4.78, 5) is 11.0. The summed E-state index contributed by atoms with van der Waals surface area (Å²) in [6.07, 6.45) is 1.08. The molecule has 0 aromatic heterocycles. The summed E-state index contributed by atoms with van der Waals surface area (Å²) in [7, 11) is 0. The zero-order valence-corrected chi connectivity index (χ0v) is 9.90. The lowest BCUT2D eigenvalue weighted by Crippen LogP contribution is -2.19. The van der Waals surface area contributed by atoms with E-state index in [1.165, 1.54) is 12.1 Å². The Balaban J connectivity index is 2.51. The molecule has 0 spiro atoms. The van der Waals surface area contributed by atoms with E-state index < -0.39 is 17.2 Å². The molecule has 1 N–H and O–H groups in total. The smallest absolute Gasteiger partial charge is 0.314 e. The Morgan fingerprint density at radius 3 is 2.53 bits per heavy atom. The molecule has 1 saturated carbocycles. The largest absolute Gasteiger partial charge is 0.481 e. The molecule has 1 aliphatic rings. The van der Waals surface area contributed by atoms with Crippen LogP contribution in [0.2, 0.25) is 5.02 Å². The number of halogens is 3. The van der Waals surface area contributed by atoms with Gasteiger partial charge in [-0.1, -0.05) is 11.6 Å². The van der Waals surface area contributed by atoms with Crippen molar-refractivity contribution in [1.29, 1.82) is 0 Å². The van der Waals surface area contributed by atoms with E-state index in [4.69, 9.17) is 16.7 Å². The summed E-state index contributed by atoms with van der Waals surface area (Å²) in [6, 6.07) is 2.74. The van der Waals surface area contributed by atoms with Crippen molar-refractivity contribution in [3.63, 3.8) is 0 Å². The lowest BCUT2D eigenvalue weighted by molar-refractivity contribution is -0.140. The van der Waals surface area contributed by atoms with Crippen molar-refractivity contribution in [2.75, 3.05) is 0 Å². The van der Waals surface area contributed by atoms with Gasteiger partial charge in [0.1, 0.15) is 5.82 Å². The molecule has 2 rings (SSSR count). The van der Waals surface area contributed by atoms with Crippen LogP contribution in [0, 0.1) is 5.82 Å². The van der Waals surface area contributed by atoms with Crippen LogP contribution in [0.4, 0.5) is 4.39 Å². The molecule has 0 unspecified atom stereocenters. The highest BCUT2D eigenvalue weighted by Gasteiger charge is 2.52. The van der Waals surface area contributed by atoms with E-state index in [1.54, 1.807) is 0 Å². The third-order valence-corrected chi connectivity index (χ3v) is 4.03. The highest BCUT2D eigenvalue weighted by molar-refractivity contribution is 9.10. The number of carboxylic acids is 1. The predicted molar refractivity (Wildman–Crippen MR) is 57.7 cm³/mol. The molecule has 0 atom stereocenters. The van der Waals surface area contributed by atoms with E-state index in [-0.39, 0.29) is 9.50 Å².